The molecule has 0 spiro atoms. The summed E-state index contributed by atoms with van der Waals surface area (Å²) in [6, 6.07) is 1.03. The highest BCUT2D eigenvalue weighted by molar-refractivity contribution is 5.54. The van der Waals surface area contributed by atoms with Crippen LogP contribution >= 0.6 is 0 Å². The zero-order chi connectivity index (χ0) is 9.90. The lowest BCUT2D eigenvalue weighted by molar-refractivity contribution is 0.455. The highest BCUT2D eigenvalue weighted by Crippen LogP contribution is 2.38. The molecule has 0 saturated heterocycles. The summed E-state index contributed by atoms with van der Waals surface area (Å²) in [4.78, 5) is 4.41. The molecule has 0 heterocycles. The molecule has 2 unspecified atom stereocenters. The van der Waals surface area contributed by atoms with E-state index in [1.54, 1.807) is 0 Å². The van der Waals surface area contributed by atoms with Crippen LogP contribution in [0.3, 0.4) is 0 Å². The zero-order valence-corrected chi connectivity index (χ0v) is 9.09. The smallest absolute Gasteiger partial charge is 0.0709 e. The molecule has 0 aromatic rings. The lowest BCUT2D eigenvalue weighted by atomic mass is 10.2. The van der Waals surface area contributed by atoms with Gasteiger partial charge in [-0.25, -0.2) is 0 Å². The second-order valence-corrected chi connectivity index (χ2v) is 4.07. The number of aliphatic imine (C=N–C) groups is 1. The van der Waals surface area contributed by atoms with E-state index in [9.17, 15) is 0 Å². The lowest BCUT2D eigenvalue weighted by Gasteiger charge is -2.17. The molecule has 0 bridgehead atoms. The Morgan fingerprint density at radius 3 is 2.77 bits per heavy atom. The van der Waals surface area contributed by atoms with E-state index in [-0.39, 0.29) is 5.54 Å². The summed E-state index contributed by atoms with van der Waals surface area (Å²) in [7, 11) is 2.02. The predicted molar refractivity (Wildman–Crippen MR) is 57.5 cm³/mol. The molecule has 13 heavy (non-hydrogen) atoms. The number of nitrogens with zero attached hydrogens (tertiary/aromatic N) is 1. The zero-order valence-electron chi connectivity index (χ0n) is 9.09. The molecule has 1 saturated carbocycles. The van der Waals surface area contributed by atoms with Crippen LogP contribution < -0.4 is 10.6 Å². The molecule has 1 aliphatic rings. The van der Waals surface area contributed by atoms with Crippen LogP contribution in [-0.4, -0.2) is 37.4 Å². The van der Waals surface area contributed by atoms with E-state index in [1.165, 1.54) is 0 Å². The number of likely N-dealkylation sites (N-methyl/N-ethyl adjacent to an activating group) is 1. The van der Waals surface area contributed by atoms with E-state index in [0.717, 1.165) is 13.0 Å². The maximum atomic E-state index is 4.41. The Labute approximate surface area is 81.0 Å². The molecule has 3 nitrogen and oxygen atoms in total. The number of hydrogen-bond donors (Lipinski definition) is 2. The van der Waals surface area contributed by atoms with Crippen molar-refractivity contribution in [1.82, 2.24) is 10.6 Å². The molecule has 2 N–H and O–H groups in total. The van der Waals surface area contributed by atoms with Gasteiger partial charge in [-0.1, -0.05) is 13.8 Å². The van der Waals surface area contributed by atoms with Gasteiger partial charge in [0.25, 0.3) is 0 Å². The normalized spacial score (nSPS) is 33.2. The van der Waals surface area contributed by atoms with Gasteiger partial charge in [0.1, 0.15) is 0 Å². The Hall–Kier alpha value is -0.410. The summed E-state index contributed by atoms with van der Waals surface area (Å²) in [5.74, 6) is 0. The Morgan fingerprint density at radius 2 is 2.31 bits per heavy atom. The van der Waals surface area contributed by atoms with Gasteiger partial charge in [-0.05, 0) is 26.6 Å². The molecular weight excluding hydrogens is 162 g/mol. The Balaban J connectivity index is 2.37. The molecule has 0 aromatic heterocycles. The van der Waals surface area contributed by atoms with Crippen LogP contribution in [-0.2, 0) is 0 Å². The Kier molecular flexibility index (Phi) is 3.45. The minimum atomic E-state index is 0.233. The van der Waals surface area contributed by atoms with Crippen LogP contribution in [0.2, 0.25) is 0 Å². The predicted octanol–water partition coefficient (Wildman–Crippen LogP) is 0.806. The average Bonchev–Trinajstić information content (AvgIpc) is 2.77. The highest BCUT2D eigenvalue weighted by atomic mass is 15.1. The summed E-state index contributed by atoms with van der Waals surface area (Å²) in [6.07, 6.45) is 3.06. The Morgan fingerprint density at radius 1 is 1.62 bits per heavy atom. The third-order valence-electron chi connectivity index (χ3n) is 2.69. The summed E-state index contributed by atoms with van der Waals surface area (Å²) >= 11 is 0. The van der Waals surface area contributed by atoms with Gasteiger partial charge >= 0.3 is 0 Å². The van der Waals surface area contributed by atoms with Gasteiger partial charge in [0.2, 0.25) is 0 Å². The number of hydrogen-bond acceptors (Lipinski definition) is 3. The number of nitrogens with one attached hydrogen (secondary N) is 2. The second kappa shape index (κ2) is 4.20. The molecule has 76 valence electrons. The highest BCUT2D eigenvalue weighted by Gasteiger charge is 2.52. The quantitative estimate of drug-likeness (QED) is 0.619. The van der Waals surface area contributed by atoms with Crippen molar-refractivity contribution in [2.45, 2.75) is 44.8 Å². The van der Waals surface area contributed by atoms with Crippen molar-refractivity contribution in [2.75, 3.05) is 13.6 Å². The largest absolute Gasteiger partial charge is 0.313 e. The SMILES string of the molecule is CC=NC1CC1(CNC(C)C)NC. The molecule has 0 amide bonds. The maximum absolute atomic E-state index is 4.41. The van der Waals surface area contributed by atoms with Crippen molar-refractivity contribution in [3.8, 4) is 0 Å². The van der Waals surface area contributed by atoms with Crippen LogP contribution in [0, 0.1) is 0 Å². The molecule has 1 rings (SSSR count). The molecular formula is C10H21N3. The monoisotopic (exact) mass is 183 g/mol. The first kappa shape index (κ1) is 10.7. The van der Waals surface area contributed by atoms with Crippen molar-refractivity contribution in [3.63, 3.8) is 0 Å². The molecule has 3 heteroatoms. The van der Waals surface area contributed by atoms with Crippen molar-refractivity contribution >= 4 is 6.21 Å². The van der Waals surface area contributed by atoms with Crippen molar-refractivity contribution in [3.05, 3.63) is 0 Å². The maximum Gasteiger partial charge on any atom is 0.0709 e. The average molecular weight is 183 g/mol. The van der Waals surface area contributed by atoms with E-state index in [2.05, 4.69) is 29.5 Å². The molecule has 1 aliphatic carbocycles. The molecule has 2 atom stereocenters. The van der Waals surface area contributed by atoms with Gasteiger partial charge in [-0.3, -0.25) is 4.99 Å². The van der Waals surface area contributed by atoms with E-state index in [0.29, 0.717) is 12.1 Å². The minimum Gasteiger partial charge on any atom is -0.313 e. The molecule has 0 radical (unpaired) electrons. The van der Waals surface area contributed by atoms with Crippen LogP contribution in [0.5, 0.6) is 0 Å². The van der Waals surface area contributed by atoms with Crippen LogP contribution in [0.25, 0.3) is 0 Å². The summed E-state index contributed by atoms with van der Waals surface area (Å²) in [5.41, 5.74) is 0.233. The fraction of sp³-hybridized carbons (Fsp3) is 0.900. The summed E-state index contributed by atoms with van der Waals surface area (Å²) in [6.45, 7) is 7.34. The van der Waals surface area contributed by atoms with E-state index in [1.807, 2.05) is 20.2 Å². The van der Waals surface area contributed by atoms with Gasteiger partial charge in [-0.15, -0.1) is 0 Å². The van der Waals surface area contributed by atoms with Crippen LogP contribution in [0.15, 0.2) is 4.99 Å². The minimum absolute atomic E-state index is 0.233. The number of rotatable bonds is 5. The van der Waals surface area contributed by atoms with E-state index in [4.69, 9.17) is 0 Å². The molecule has 1 fully saturated rings. The fourth-order valence-electron chi connectivity index (χ4n) is 1.59. The van der Waals surface area contributed by atoms with Crippen molar-refractivity contribution in [1.29, 1.82) is 0 Å². The molecule has 0 aliphatic heterocycles. The van der Waals surface area contributed by atoms with Crippen LogP contribution in [0.4, 0.5) is 0 Å². The van der Waals surface area contributed by atoms with E-state index >= 15 is 0 Å². The first-order chi connectivity index (χ1) is 6.14. The Bertz CT molecular complexity index is 189. The van der Waals surface area contributed by atoms with Gasteiger partial charge < -0.3 is 10.6 Å². The van der Waals surface area contributed by atoms with Gasteiger partial charge in [0.05, 0.1) is 11.6 Å². The van der Waals surface area contributed by atoms with Crippen molar-refractivity contribution in [2.24, 2.45) is 4.99 Å². The van der Waals surface area contributed by atoms with Gasteiger partial charge in [-0.2, -0.15) is 0 Å². The standard InChI is InChI=1S/C10H21N3/c1-5-12-9-6-10(9,11-4)7-13-8(2)3/h5,8-9,11,13H,6-7H2,1-4H3. The lowest BCUT2D eigenvalue weighted by Crippen LogP contribution is -2.43. The topological polar surface area (TPSA) is 36.4 Å². The third-order valence-corrected chi connectivity index (χ3v) is 2.69. The third kappa shape index (κ3) is 2.51. The van der Waals surface area contributed by atoms with Gasteiger partial charge in [0, 0.05) is 12.6 Å². The fourth-order valence-corrected chi connectivity index (χ4v) is 1.59. The summed E-state index contributed by atoms with van der Waals surface area (Å²) in [5, 5.41) is 6.82. The van der Waals surface area contributed by atoms with Crippen molar-refractivity contribution < 1.29 is 0 Å². The second-order valence-electron chi connectivity index (χ2n) is 4.07. The van der Waals surface area contributed by atoms with Crippen LogP contribution in [0.1, 0.15) is 27.2 Å². The molecule has 0 aromatic carbocycles. The van der Waals surface area contributed by atoms with E-state index < -0.39 is 0 Å². The first-order valence-electron chi connectivity index (χ1n) is 5.04. The summed E-state index contributed by atoms with van der Waals surface area (Å²) < 4.78 is 0. The van der Waals surface area contributed by atoms with Gasteiger partial charge in [0.15, 0.2) is 0 Å². The first-order valence-corrected chi connectivity index (χ1v) is 5.04.